The first kappa shape index (κ1) is 16.6. The summed E-state index contributed by atoms with van der Waals surface area (Å²) in [5.74, 6) is -1.22. The third-order valence-corrected chi connectivity index (χ3v) is 2.33. The molecule has 104 valence electrons. The molecule has 0 spiro atoms. The maximum atomic E-state index is 11.8. The summed E-state index contributed by atoms with van der Waals surface area (Å²) >= 11 is 0. The van der Waals surface area contributed by atoms with Gasteiger partial charge >= 0.3 is 11.9 Å². The average Bonchev–Trinajstić information content (AvgIpc) is 2.28. The van der Waals surface area contributed by atoms with Gasteiger partial charge in [-0.05, 0) is 26.7 Å². The molecule has 0 rings (SSSR count). The van der Waals surface area contributed by atoms with Crippen LogP contribution in [-0.4, -0.2) is 29.9 Å². The molecule has 0 aliphatic carbocycles. The molecular formula is C13H22O5. The summed E-state index contributed by atoms with van der Waals surface area (Å²) in [6.07, 6.45) is 0.132. The molecule has 0 heterocycles. The fraction of sp³-hybridized carbons (Fsp3) is 0.769. The van der Waals surface area contributed by atoms with Crippen molar-refractivity contribution in [3.05, 3.63) is 0 Å². The molecule has 2 unspecified atom stereocenters. The fourth-order valence-electron chi connectivity index (χ4n) is 1.37. The monoisotopic (exact) mass is 258 g/mol. The Balaban J connectivity index is 4.19. The zero-order valence-electron chi connectivity index (χ0n) is 11.5. The molecule has 0 aliphatic rings. The summed E-state index contributed by atoms with van der Waals surface area (Å²) in [6.45, 7) is 6.67. The second-order valence-electron chi connectivity index (χ2n) is 4.17. The Morgan fingerprint density at radius 3 is 1.44 bits per heavy atom. The number of ether oxygens (including phenoxy) is 2. The molecule has 0 aromatic heterocycles. The molecule has 5 heteroatoms. The molecule has 0 amide bonds. The van der Waals surface area contributed by atoms with Crippen LogP contribution in [0.5, 0.6) is 0 Å². The highest BCUT2D eigenvalue weighted by molar-refractivity contribution is 5.90. The lowest BCUT2D eigenvalue weighted by Gasteiger charge is -2.17. The Kier molecular flexibility index (Phi) is 8.00. The largest absolute Gasteiger partial charge is 0.454 e. The number of esters is 2. The van der Waals surface area contributed by atoms with E-state index in [0.29, 0.717) is 12.8 Å². The SMILES string of the molecule is CCCC(=O)OC(C)C(=O)C(C)OC(=O)CCC. The van der Waals surface area contributed by atoms with E-state index in [1.165, 1.54) is 13.8 Å². The number of carbonyl (C=O) groups is 3. The molecule has 0 saturated carbocycles. The maximum Gasteiger partial charge on any atom is 0.306 e. The minimum Gasteiger partial charge on any atom is -0.454 e. The summed E-state index contributed by atoms with van der Waals surface area (Å²) in [4.78, 5) is 34.2. The van der Waals surface area contributed by atoms with Gasteiger partial charge in [-0.25, -0.2) is 0 Å². The summed E-state index contributed by atoms with van der Waals surface area (Å²) in [6, 6.07) is 0. The zero-order valence-corrected chi connectivity index (χ0v) is 11.5. The summed E-state index contributed by atoms with van der Waals surface area (Å²) in [5.41, 5.74) is 0. The van der Waals surface area contributed by atoms with Gasteiger partial charge in [0.05, 0.1) is 0 Å². The van der Waals surface area contributed by atoms with E-state index < -0.39 is 29.9 Å². The maximum absolute atomic E-state index is 11.8. The van der Waals surface area contributed by atoms with Crippen LogP contribution < -0.4 is 0 Å². The predicted octanol–water partition coefficient (Wildman–Crippen LogP) is 2.02. The summed E-state index contributed by atoms with van der Waals surface area (Å²) in [5, 5.41) is 0. The van der Waals surface area contributed by atoms with E-state index in [-0.39, 0.29) is 12.8 Å². The molecule has 0 aromatic carbocycles. The van der Waals surface area contributed by atoms with E-state index >= 15 is 0 Å². The van der Waals surface area contributed by atoms with Gasteiger partial charge in [-0.3, -0.25) is 14.4 Å². The lowest BCUT2D eigenvalue weighted by atomic mass is 10.1. The van der Waals surface area contributed by atoms with Gasteiger partial charge in [-0.15, -0.1) is 0 Å². The van der Waals surface area contributed by atoms with Crippen LogP contribution in [0.25, 0.3) is 0 Å². The number of ketones is 1. The van der Waals surface area contributed by atoms with Crippen LogP contribution in [0.3, 0.4) is 0 Å². The number of Topliss-reactive ketones (excluding diaryl/α,β-unsaturated/α-hetero) is 1. The van der Waals surface area contributed by atoms with Crippen LogP contribution in [0, 0.1) is 0 Å². The molecule has 0 bridgehead atoms. The lowest BCUT2D eigenvalue weighted by Crippen LogP contribution is -2.34. The van der Waals surface area contributed by atoms with Gasteiger partial charge < -0.3 is 9.47 Å². The van der Waals surface area contributed by atoms with E-state index in [0.717, 1.165) is 0 Å². The first-order chi connectivity index (χ1) is 8.42. The van der Waals surface area contributed by atoms with Crippen molar-refractivity contribution in [1.82, 2.24) is 0 Å². The van der Waals surface area contributed by atoms with Gasteiger partial charge in [-0.2, -0.15) is 0 Å². The molecule has 18 heavy (non-hydrogen) atoms. The number of carbonyl (C=O) groups excluding carboxylic acids is 3. The highest BCUT2D eigenvalue weighted by Gasteiger charge is 2.25. The second kappa shape index (κ2) is 8.66. The lowest BCUT2D eigenvalue weighted by molar-refractivity contribution is -0.162. The number of hydrogen-bond acceptors (Lipinski definition) is 5. The highest BCUT2D eigenvalue weighted by atomic mass is 16.6. The van der Waals surface area contributed by atoms with Gasteiger partial charge in [0.1, 0.15) is 0 Å². The van der Waals surface area contributed by atoms with Crippen molar-refractivity contribution in [3.63, 3.8) is 0 Å². The molecule has 5 nitrogen and oxygen atoms in total. The molecule has 0 N–H and O–H groups in total. The van der Waals surface area contributed by atoms with Crippen LogP contribution >= 0.6 is 0 Å². The topological polar surface area (TPSA) is 69.7 Å². The fourth-order valence-corrected chi connectivity index (χ4v) is 1.37. The van der Waals surface area contributed by atoms with E-state index in [2.05, 4.69) is 0 Å². The van der Waals surface area contributed by atoms with Gasteiger partial charge in [0.2, 0.25) is 5.78 Å². The van der Waals surface area contributed by atoms with Gasteiger partial charge in [-0.1, -0.05) is 13.8 Å². The van der Waals surface area contributed by atoms with Gasteiger partial charge in [0.15, 0.2) is 12.2 Å². The average molecular weight is 258 g/mol. The Morgan fingerprint density at radius 1 is 0.833 bits per heavy atom. The van der Waals surface area contributed by atoms with Gasteiger partial charge in [0, 0.05) is 12.8 Å². The van der Waals surface area contributed by atoms with Crippen molar-refractivity contribution in [1.29, 1.82) is 0 Å². The molecule has 0 fully saturated rings. The Bertz CT molecular complexity index is 270. The third kappa shape index (κ3) is 6.37. The van der Waals surface area contributed by atoms with E-state index in [1.807, 2.05) is 13.8 Å². The zero-order chi connectivity index (χ0) is 14.1. The standard InChI is InChI=1S/C13H22O5/c1-5-7-11(14)17-9(3)13(16)10(4)18-12(15)8-6-2/h9-10H,5-8H2,1-4H3. The first-order valence-electron chi connectivity index (χ1n) is 6.35. The number of rotatable bonds is 8. The Labute approximate surface area is 108 Å². The van der Waals surface area contributed by atoms with Crippen LogP contribution in [0.2, 0.25) is 0 Å². The number of hydrogen-bond donors (Lipinski definition) is 0. The molecule has 2 atom stereocenters. The summed E-state index contributed by atoms with van der Waals surface area (Å²) < 4.78 is 9.87. The van der Waals surface area contributed by atoms with Crippen LogP contribution in [0.4, 0.5) is 0 Å². The molecule has 0 radical (unpaired) electrons. The van der Waals surface area contributed by atoms with Crippen molar-refractivity contribution in [3.8, 4) is 0 Å². The van der Waals surface area contributed by atoms with E-state index in [4.69, 9.17) is 9.47 Å². The van der Waals surface area contributed by atoms with Crippen molar-refractivity contribution >= 4 is 17.7 Å². The van der Waals surface area contributed by atoms with Crippen molar-refractivity contribution in [2.75, 3.05) is 0 Å². The third-order valence-electron chi connectivity index (χ3n) is 2.33. The van der Waals surface area contributed by atoms with Gasteiger partial charge in [0.25, 0.3) is 0 Å². The Morgan fingerprint density at radius 2 is 1.17 bits per heavy atom. The summed E-state index contributed by atoms with van der Waals surface area (Å²) in [7, 11) is 0. The first-order valence-corrected chi connectivity index (χ1v) is 6.35. The molecule has 0 saturated heterocycles. The quantitative estimate of drug-likeness (QED) is 0.623. The van der Waals surface area contributed by atoms with Crippen LogP contribution in [0.15, 0.2) is 0 Å². The molecule has 0 aliphatic heterocycles. The normalized spacial score (nSPS) is 13.6. The van der Waals surface area contributed by atoms with E-state index in [9.17, 15) is 14.4 Å². The highest BCUT2D eigenvalue weighted by Crippen LogP contribution is 2.05. The smallest absolute Gasteiger partial charge is 0.306 e. The van der Waals surface area contributed by atoms with E-state index in [1.54, 1.807) is 0 Å². The van der Waals surface area contributed by atoms with Crippen molar-refractivity contribution < 1.29 is 23.9 Å². The minimum absolute atomic E-state index is 0.279. The molecular weight excluding hydrogens is 236 g/mol. The second-order valence-corrected chi connectivity index (χ2v) is 4.17. The predicted molar refractivity (Wildman–Crippen MR) is 65.9 cm³/mol. The minimum atomic E-state index is -0.881. The van der Waals surface area contributed by atoms with Crippen molar-refractivity contribution in [2.45, 2.75) is 65.6 Å². The Hall–Kier alpha value is -1.39. The molecule has 0 aromatic rings. The van der Waals surface area contributed by atoms with Crippen LogP contribution in [-0.2, 0) is 23.9 Å². The van der Waals surface area contributed by atoms with Crippen molar-refractivity contribution in [2.24, 2.45) is 0 Å². The van der Waals surface area contributed by atoms with Crippen LogP contribution in [0.1, 0.15) is 53.4 Å².